The first kappa shape index (κ1) is 14.2. The van der Waals surface area contributed by atoms with E-state index < -0.39 is 11.9 Å². The fourth-order valence-electron chi connectivity index (χ4n) is 2.35. The minimum Gasteiger partial charge on any atom is -0.468 e. The van der Waals surface area contributed by atoms with Crippen LogP contribution in [0.2, 0.25) is 0 Å². The van der Waals surface area contributed by atoms with Gasteiger partial charge in [-0.15, -0.1) is 0 Å². The molecule has 1 saturated heterocycles. The topological polar surface area (TPSA) is 63.7 Å². The molecule has 0 spiro atoms. The van der Waals surface area contributed by atoms with Gasteiger partial charge >= 0.3 is 5.97 Å². The van der Waals surface area contributed by atoms with Crippen molar-refractivity contribution in [3.8, 4) is 0 Å². The summed E-state index contributed by atoms with van der Waals surface area (Å²) in [6, 6.07) is 7.28. The first-order valence-electron chi connectivity index (χ1n) is 6.50. The second-order valence-electron chi connectivity index (χ2n) is 4.86. The normalized spacial score (nSPS) is 18.8. The number of benzene rings is 1. The van der Waals surface area contributed by atoms with E-state index in [9.17, 15) is 14.4 Å². The highest BCUT2D eigenvalue weighted by Gasteiger charge is 2.35. The van der Waals surface area contributed by atoms with Gasteiger partial charge < -0.3 is 9.64 Å². The van der Waals surface area contributed by atoms with Gasteiger partial charge in [-0.3, -0.25) is 14.4 Å². The lowest BCUT2D eigenvalue weighted by molar-refractivity contribution is -0.151. The van der Waals surface area contributed by atoms with E-state index in [4.69, 9.17) is 0 Å². The summed E-state index contributed by atoms with van der Waals surface area (Å²) in [6.45, 7) is 2.30. The van der Waals surface area contributed by atoms with Crippen LogP contribution in [0.15, 0.2) is 24.3 Å². The Hall–Kier alpha value is -2.17. The van der Waals surface area contributed by atoms with Crippen LogP contribution in [-0.2, 0) is 14.3 Å². The van der Waals surface area contributed by atoms with Crippen LogP contribution < -0.4 is 0 Å². The highest BCUT2D eigenvalue weighted by Crippen LogP contribution is 2.18. The SMILES string of the molecule is COC(=O)C1CN(C(=O)c2ccccc2C)CCC1=O. The van der Waals surface area contributed by atoms with E-state index in [-0.39, 0.29) is 24.7 Å². The number of nitrogens with zero attached hydrogens (tertiary/aromatic N) is 1. The number of hydrogen-bond acceptors (Lipinski definition) is 4. The average Bonchev–Trinajstić information content (AvgIpc) is 2.47. The highest BCUT2D eigenvalue weighted by molar-refractivity contribution is 6.02. The predicted octanol–water partition coefficient (Wildman–Crippen LogP) is 1.20. The van der Waals surface area contributed by atoms with Crippen LogP contribution in [0.25, 0.3) is 0 Å². The van der Waals surface area contributed by atoms with E-state index in [0.717, 1.165) is 5.56 Å². The van der Waals surface area contributed by atoms with Crippen LogP contribution in [0.3, 0.4) is 0 Å². The molecule has 0 aliphatic carbocycles. The smallest absolute Gasteiger partial charge is 0.318 e. The van der Waals surface area contributed by atoms with E-state index in [2.05, 4.69) is 4.74 Å². The number of piperidine rings is 1. The number of esters is 1. The van der Waals surface area contributed by atoms with Crippen molar-refractivity contribution in [2.45, 2.75) is 13.3 Å². The van der Waals surface area contributed by atoms with Gasteiger partial charge in [-0.1, -0.05) is 18.2 Å². The van der Waals surface area contributed by atoms with E-state index in [0.29, 0.717) is 12.1 Å². The van der Waals surface area contributed by atoms with Gasteiger partial charge in [0.2, 0.25) is 0 Å². The van der Waals surface area contributed by atoms with Crippen LogP contribution in [0.1, 0.15) is 22.3 Å². The van der Waals surface area contributed by atoms with Crippen LogP contribution in [-0.4, -0.2) is 42.8 Å². The number of carbonyl (C=O) groups is 3. The number of methoxy groups -OCH3 is 1. The number of ether oxygens (including phenoxy) is 1. The van der Waals surface area contributed by atoms with Gasteiger partial charge in [-0.2, -0.15) is 0 Å². The molecule has 106 valence electrons. The second kappa shape index (κ2) is 5.86. The molecule has 1 fully saturated rings. The Bertz CT molecular complexity index is 545. The zero-order chi connectivity index (χ0) is 14.7. The second-order valence-corrected chi connectivity index (χ2v) is 4.86. The highest BCUT2D eigenvalue weighted by atomic mass is 16.5. The summed E-state index contributed by atoms with van der Waals surface area (Å²) in [5.74, 6) is -1.74. The number of carbonyl (C=O) groups excluding carboxylic acids is 3. The van der Waals surface area contributed by atoms with Crippen molar-refractivity contribution in [1.29, 1.82) is 0 Å². The third kappa shape index (κ3) is 2.71. The predicted molar refractivity (Wildman–Crippen MR) is 72.2 cm³/mol. The van der Waals surface area contributed by atoms with Gasteiger partial charge in [0, 0.05) is 25.1 Å². The molecule has 20 heavy (non-hydrogen) atoms. The summed E-state index contributed by atoms with van der Waals surface area (Å²) < 4.78 is 4.62. The fourth-order valence-corrected chi connectivity index (χ4v) is 2.35. The maximum absolute atomic E-state index is 12.4. The zero-order valence-electron chi connectivity index (χ0n) is 11.6. The molecular formula is C15H17NO4. The lowest BCUT2D eigenvalue weighted by Gasteiger charge is -2.30. The molecule has 0 saturated carbocycles. The van der Waals surface area contributed by atoms with Crippen molar-refractivity contribution in [2.24, 2.45) is 5.92 Å². The molecule has 0 radical (unpaired) electrons. The monoisotopic (exact) mass is 275 g/mol. The Labute approximate surface area is 117 Å². The molecule has 2 rings (SSSR count). The summed E-state index contributed by atoms with van der Waals surface area (Å²) in [5, 5.41) is 0. The number of Topliss-reactive ketones (excluding diaryl/α,β-unsaturated/α-hetero) is 1. The molecule has 1 unspecified atom stereocenters. The number of amides is 1. The standard InChI is InChI=1S/C15H17NO4/c1-10-5-3-4-6-11(10)14(18)16-8-7-13(17)12(9-16)15(19)20-2/h3-6,12H,7-9H2,1-2H3. The van der Waals surface area contributed by atoms with Crippen molar-refractivity contribution in [1.82, 2.24) is 4.90 Å². The van der Waals surface area contributed by atoms with Crippen molar-refractivity contribution >= 4 is 17.7 Å². The van der Waals surface area contributed by atoms with Crippen molar-refractivity contribution in [2.75, 3.05) is 20.2 Å². The Morgan fingerprint density at radius 3 is 2.65 bits per heavy atom. The Balaban J connectivity index is 2.18. The summed E-state index contributed by atoms with van der Waals surface area (Å²) in [4.78, 5) is 37.3. The molecule has 5 nitrogen and oxygen atoms in total. The number of aryl methyl sites for hydroxylation is 1. The third-order valence-electron chi connectivity index (χ3n) is 3.57. The number of rotatable bonds is 2. The Morgan fingerprint density at radius 1 is 1.30 bits per heavy atom. The molecule has 1 aliphatic heterocycles. The maximum Gasteiger partial charge on any atom is 0.318 e. The van der Waals surface area contributed by atoms with Crippen LogP contribution in [0.4, 0.5) is 0 Å². The van der Waals surface area contributed by atoms with Crippen molar-refractivity contribution in [3.05, 3.63) is 35.4 Å². The molecule has 1 heterocycles. The Kier molecular flexibility index (Phi) is 4.17. The molecule has 1 aliphatic rings. The first-order chi connectivity index (χ1) is 9.54. The molecular weight excluding hydrogens is 258 g/mol. The Morgan fingerprint density at radius 2 is 2.00 bits per heavy atom. The zero-order valence-corrected chi connectivity index (χ0v) is 11.6. The first-order valence-corrected chi connectivity index (χ1v) is 6.50. The summed E-state index contributed by atoms with van der Waals surface area (Å²) in [7, 11) is 1.25. The van der Waals surface area contributed by atoms with Crippen molar-refractivity contribution in [3.63, 3.8) is 0 Å². The average molecular weight is 275 g/mol. The molecule has 1 atom stereocenters. The van der Waals surface area contributed by atoms with Crippen LogP contribution in [0.5, 0.6) is 0 Å². The minimum absolute atomic E-state index is 0.0959. The van der Waals surface area contributed by atoms with E-state index in [1.54, 1.807) is 17.0 Å². The molecule has 0 bridgehead atoms. The molecule has 1 aromatic carbocycles. The quantitative estimate of drug-likeness (QED) is 0.601. The number of ketones is 1. The summed E-state index contributed by atoms with van der Waals surface area (Å²) in [6.07, 6.45) is 0.192. The van der Waals surface area contributed by atoms with Crippen LogP contribution in [0, 0.1) is 12.8 Å². The van der Waals surface area contributed by atoms with Gasteiger partial charge in [-0.25, -0.2) is 0 Å². The van der Waals surface area contributed by atoms with E-state index >= 15 is 0 Å². The fraction of sp³-hybridized carbons (Fsp3) is 0.400. The summed E-state index contributed by atoms with van der Waals surface area (Å²) >= 11 is 0. The third-order valence-corrected chi connectivity index (χ3v) is 3.57. The van der Waals surface area contributed by atoms with Gasteiger partial charge in [0.1, 0.15) is 5.92 Å². The number of hydrogen-bond donors (Lipinski definition) is 0. The molecule has 1 aromatic rings. The van der Waals surface area contributed by atoms with Gasteiger partial charge in [0.05, 0.1) is 7.11 Å². The van der Waals surface area contributed by atoms with Crippen molar-refractivity contribution < 1.29 is 19.1 Å². The summed E-state index contributed by atoms with van der Waals surface area (Å²) in [5.41, 5.74) is 1.48. The minimum atomic E-state index is -0.860. The molecule has 0 N–H and O–H groups in total. The lowest BCUT2D eigenvalue weighted by atomic mass is 9.95. The number of likely N-dealkylation sites (tertiary alicyclic amines) is 1. The van der Waals surface area contributed by atoms with E-state index in [1.165, 1.54) is 7.11 Å². The molecule has 5 heteroatoms. The van der Waals surface area contributed by atoms with Gasteiger partial charge in [0.15, 0.2) is 5.78 Å². The van der Waals surface area contributed by atoms with Gasteiger partial charge in [0.25, 0.3) is 5.91 Å². The van der Waals surface area contributed by atoms with E-state index in [1.807, 2.05) is 19.1 Å². The largest absolute Gasteiger partial charge is 0.468 e. The lowest BCUT2D eigenvalue weighted by Crippen LogP contribution is -2.47. The molecule has 0 aromatic heterocycles. The van der Waals surface area contributed by atoms with Gasteiger partial charge in [-0.05, 0) is 18.6 Å². The maximum atomic E-state index is 12.4. The van der Waals surface area contributed by atoms with Crippen LogP contribution >= 0.6 is 0 Å². The molecule has 1 amide bonds.